The standard InChI is InChI=1S/C9H14N2O3S/c1-3-6(4-12)11-9-10-5(2)7(15-9)8(13)14/h6,12H,3-4H2,1-2H3,(H,10,11)(H,13,14). The number of hydrogen-bond donors (Lipinski definition) is 3. The van der Waals surface area contributed by atoms with Crippen LogP contribution in [0, 0.1) is 6.92 Å². The number of rotatable bonds is 5. The average molecular weight is 230 g/mol. The van der Waals surface area contributed by atoms with E-state index in [1.807, 2.05) is 6.92 Å². The zero-order valence-electron chi connectivity index (χ0n) is 8.65. The average Bonchev–Trinajstić information content (AvgIpc) is 2.56. The summed E-state index contributed by atoms with van der Waals surface area (Å²) in [7, 11) is 0. The minimum absolute atomic E-state index is 0.0114. The molecule has 1 aromatic heterocycles. The van der Waals surface area contributed by atoms with Gasteiger partial charge < -0.3 is 15.5 Å². The fourth-order valence-electron chi connectivity index (χ4n) is 1.11. The van der Waals surface area contributed by atoms with Crippen LogP contribution in [-0.2, 0) is 0 Å². The Bertz CT molecular complexity index is 347. The van der Waals surface area contributed by atoms with Gasteiger partial charge in [0.05, 0.1) is 18.3 Å². The predicted octanol–water partition coefficient (Wildman–Crippen LogP) is 1.33. The van der Waals surface area contributed by atoms with E-state index in [9.17, 15) is 4.79 Å². The van der Waals surface area contributed by atoms with E-state index in [0.29, 0.717) is 10.8 Å². The van der Waals surface area contributed by atoms with Gasteiger partial charge >= 0.3 is 5.97 Å². The molecule has 0 fully saturated rings. The molecule has 1 atom stereocenters. The lowest BCUT2D eigenvalue weighted by Gasteiger charge is -2.11. The van der Waals surface area contributed by atoms with Crippen LogP contribution in [0.4, 0.5) is 5.13 Å². The third kappa shape index (κ3) is 2.90. The molecule has 3 N–H and O–H groups in total. The maximum atomic E-state index is 10.8. The predicted molar refractivity (Wildman–Crippen MR) is 58.6 cm³/mol. The number of nitrogens with one attached hydrogen (secondary N) is 1. The molecule has 0 aliphatic rings. The van der Waals surface area contributed by atoms with Gasteiger partial charge in [-0.05, 0) is 13.3 Å². The number of anilines is 1. The van der Waals surface area contributed by atoms with Crippen LogP contribution in [-0.4, -0.2) is 33.8 Å². The molecule has 0 aliphatic heterocycles. The first-order valence-corrected chi connectivity index (χ1v) is 5.48. The zero-order valence-corrected chi connectivity index (χ0v) is 9.47. The van der Waals surface area contributed by atoms with Gasteiger partial charge in [-0.25, -0.2) is 9.78 Å². The Balaban J connectivity index is 2.79. The molecule has 15 heavy (non-hydrogen) atoms. The molecule has 0 saturated carbocycles. The number of aryl methyl sites for hydroxylation is 1. The van der Waals surface area contributed by atoms with Crippen molar-refractivity contribution in [3.63, 3.8) is 0 Å². The number of carboxylic acid groups (broad SMARTS) is 1. The summed E-state index contributed by atoms with van der Waals surface area (Å²) in [4.78, 5) is 15.1. The number of hydrogen-bond acceptors (Lipinski definition) is 5. The first-order valence-electron chi connectivity index (χ1n) is 4.66. The summed E-state index contributed by atoms with van der Waals surface area (Å²) < 4.78 is 0. The lowest BCUT2D eigenvalue weighted by molar-refractivity contribution is 0.0701. The fourth-order valence-corrected chi connectivity index (χ4v) is 1.99. The summed E-state index contributed by atoms with van der Waals surface area (Å²) in [6.45, 7) is 3.61. The quantitative estimate of drug-likeness (QED) is 0.711. The Morgan fingerprint density at radius 3 is 2.73 bits per heavy atom. The van der Waals surface area contributed by atoms with E-state index in [2.05, 4.69) is 10.3 Å². The lowest BCUT2D eigenvalue weighted by Crippen LogP contribution is -2.22. The molecule has 5 nitrogen and oxygen atoms in total. The number of thiazole rings is 1. The first kappa shape index (κ1) is 11.9. The second-order valence-corrected chi connectivity index (χ2v) is 4.17. The number of nitrogens with zero attached hydrogens (tertiary/aromatic N) is 1. The molecule has 84 valence electrons. The monoisotopic (exact) mass is 230 g/mol. The molecular formula is C9H14N2O3S. The Kier molecular flexibility index (Phi) is 4.05. The Morgan fingerprint density at radius 2 is 2.33 bits per heavy atom. The molecule has 6 heteroatoms. The summed E-state index contributed by atoms with van der Waals surface area (Å²) in [5.74, 6) is -0.963. The van der Waals surface area contributed by atoms with Crippen LogP contribution < -0.4 is 5.32 Å². The molecule has 1 rings (SSSR count). The van der Waals surface area contributed by atoms with Gasteiger partial charge in [-0.1, -0.05) is 18.3 Å². The highest BCUT2D eigenvalue weighted by atomic mass is 32.1. The van der Waals surface area contributed by atoms with Crippen molar-refractivity contribution in [3.05, 3.63) is 10.6 Å². The highest BCUT2D eigenvalue weighted by Gasteiger charge is 2.15. The summed E-state index contributed by atoms with van der Waals surface area (Å²) in [6.07, 6.45) is 0.761. The third-order valence-corrected chi connectivity index (χ3v) is 3.11. The van der Waals surface area contributed by atoms with Crippen LogP contribution >= 0.6 is 11.3 Å². The first-order chi connectivity index (χ1) is 7.08. The lowest BCUT2D eigenvalue weighted by atomic mass is 10.2. The van der Waals surface area contributed by atoms with Crippen molar-refractivity contribution in [2.75, 3.05) is 11.9 Å². The maximum absolute atomic E-state index is 10.8. The van der Waals surface area contributed by atoms with E-state index >= 15 is 0 Å². The van der Waals surface area contributed by atoms with Crippen molar-refractivity contribution < 1.29 is 15.0 Å². The van der Waals surface area contributed by atoms with Crippen molar-refractivity contribution in [1.82, 2.24) is 4.98 Å². The third-order valence-electron chi connectivity index (χ3n) is 2.03. The second kappa shape index (κ2) is 5.09. The molecule has 0 radical (unpaired) electrons. The summed E-state index contributed by atoms with van der Waals surface area (Å²) >= 11 is 1.09. The number of aliphatic hydroxyl groups is 1. The fraction of sp³-hybridized carbons (Fsp3) is 0.556. The Hall–Kier alpha value is -1.14. The van der Waals surface area contributed by atoms with Gasteiger partial charge in [0.15, 0.2) is 5.13 Å². The summed E-state index contributed by atoms with van der Waals surface area (Å²) in [6, 6.07) is -0.0720. The minimum atomic E-state index is -0.963. The number of aromatic carboxylic acids is 1. The number of carboxylic acids is 1. The maximum Gasteiger partial charge on any atom is 0.347 e. The van der Waals surface area contributed by atoms with E-state index in [1.165, 1.54) is 0 Å². The number of carbonyl (C=O) groups is 1. The van der Waals surface area contributed by atoms with Gasteiger partial charge in [0, 0.05) is 0 Å². The highest BCUT2D eigenvalue weighted by molar-refractivity contribution is 7.17. The molecule has 0 aliphatic carbocycles. The van der Waals surface area contributed by atoms with Crippen molar-refractivity contribution >= 4 is 22.4 Å². The van der Waals surface area contributed by atoms with Gasteiger partial charge in [-0.2, -0.15) is 0 Å². The Labute approximate surface area is 91.8 Å². The van der Waals surface area contributed by atoms with Gasteiger partial charge in [-0.15, -0.1) is 0 Å². The van der Waals surface area contributed by atoms with Crippen molar-refractivity contribution in [3.8, 4) is 0 Å². The normalized spacial score (nSPS) is 12.5. The van der Waals surface area contributed by atoms with Crippen molar-refractivity contribution in [1.29, 1.82) is 0 Å². The Morgan fingerprint density at radius 1 is 1.67 bits per heavy atom. The van der Waals surface area contributed by atoms with E-state index in [-0.39, 0.29) is 17.5 Å². The van der Waals surface area contributed by atoms with E-state index in [4.69, 9.17) is 10.2 Å². The van der Waals surface area contributed by atoms with Gasteiger partial charge in [0.25, 0.3) is 0 Å². The van der Waals surface area contributed by atoms with Crippen LogP contribution in [0.2, 0.25) is 0 Å². The molecule has 0 spiro atoms. The van der Waals surface area contributed by atoms with Gasteiger partial charge in [0.2, 0.25) is 0 Å². The molecule has 0 bridgehead atoms. The SMILES string of the molecule is CCC(CO)Nc1nc(C)c(C(=O)O)s1. The van der Waals surface area contributed by atoms with Gasteiger partial charge in [-0.3, -0.25) is 0 Å². The van der Waals surface area contributed by atoms with Crippen LogP contribution in [0.15, 0.2) is 0 Å². The summed E-state index contributed by atoms with van der Waals surface area (Å²) in [5.41, 5.74) is 0.503. The van der Waals surface area contributed by atoms with Crippen LogP contribution in [0.5, 0.6) is 0 Å². The van der Waals surface area contributed by atoms with E-state index in [0.717, 1.165) is 17.8 Å². The smallest absolute Gasteiger partial charge is 0.347 e. The van der Waals surface area contributed by atoms with Crippen LogP contribution in [0.25, 0.3) is 0 Å². The highest BCUT2D eigenvalue weighted by Crippen LogP contribution is 2.23. The van der Waals surface area contributed by atoms with Crippen molar-refractivity contribution in [2.45, 2.75) is 26.3 Å². The minimum Gasteiger partial charge on any atom is -0.477 e. The molecule has 0 amide bonds. The molecule has 1 unspecified atom stereocenters. The molecule has 1 aromatic rings. The van der Waals surface area contributed by atoms with E-state index in [1.54, 1.807) is 6.92 Å². The van der Waals surface area contributed by atoms with Crippen molar-refractivity contribution in [2.24, 2.45) is 0 Å². The van der Waals surface area contributed by atoms with Crippen LogP contribution in [0.3, 0.4) is 0 Å². The van der Waals surface area contributed by atoms with Gasteiger partial charge in [0.1, 0.15) is 4.88 Å². The molecule has 0 aromatic carbocycles. The molecule has 0 saturated heterocycles. The second-order valence-electron chi connectivity index (χ2n) is 3.17. The zero-order chi connectivity index (χ0) is 11.4. The number of aromatic nitrogens is 1. The summed E-state index contributed by atoms with van der Waals surface area (Å²) in [5, 5.41) is 21.3. The molecule has 1 heterocycles. The number of aliphatic hydroxyl groups excluding tert-OH is 1. The largest absolute Gasteiger partial charge is 0.477 e. The van der Waals surface area contributed by atoms with Crippen LogP contribution in [0.1, 0.15) is 28.7 Å². The molecular weight excluding hydrogens is 216 g/mol. The topological polar surface area (TPSA) is 82.5 Å². The van der Waals surface area contributed by atoms with E-state index < -0.39 is 5.97 Å².